The number of benzene rings is 2. The summed E-state index contributed by atoms with van der Waals surface area (Å²) in [5, 5.41) is 7.94. The monoisotopic (exact) mass is 425 g/mol. The Morgan fingerprint density at radius 2 is 1.45 bits per heavy atom. The lowest BCUT2D eigenvalue weighted by Gasteiger charge is -2.17. The fourth-order valence-electron chi connectivity index (χ4n) is 2.33. The topological polar surface area (TPSA) is 114 Å². The number of Topliss-reactive ketones (excluding diaryl/α,β-unsaturated/α-hetero) is 1. The van der Waals surface area contributed by atoms with Gasteiger partial charge < -0.3 is 20.7 Å². The molecule has 0 spiro atoms. The maximum Gasteiger partial charge on any atom is 0.319 e. The van der Waals surface area contributed by atoms with Crippen molar-refractivity contribution < 1.29 is 23.9 Å². The van der Waals surface area contributed by atoms with Crippen molar-refractivity contribution in [1.82, 2.24) is 5.32 Å². The zero-order valence-corrected chi connectivity index (χ0v) is 17.9. The van der Waals surface area contributed by atoms with Crippen molar-refractivity contribution in [3.63, 3.8) is 0 Å². The van der Waals surface area contributed by atoms with Crippen LogP contribution in [0.5, 0.6) is 0 Å². The van der Waals surface area contributed by atoms with Crippen LogP contribution in [0.1, 0.15) is 37.6 Å². The molecule has 0 radical (unpaired) electrons. The Morgan fingerprint density at radius 3 is 2.06 bits per heavy atom. The summed E-state index contributed by atoms with van der Waals surface area (Å²) in [4.78, 5) is 47.7. The molecule has 0 aliphatic heterocycles. The molecule has 0 aliphatic carbocycles. The molecule has 0 saturated heterocycles. The van der Waals surface area contributed by atoms with Crippen molar-refractivity contribution in [3.8, 4) is 0 Å². The van der Waals surface area contributed by atoms with Crippen LogP contribution < -0.4 is 16.0 Å². The zero-order chi connectivity index (χ0) is 22.9. The summed E-state index contributed by atoms with van der Waals surface area (Å²) < 4.78 is 4.97. The van der Waals surface area contributed by atoms with Crippen LogP contribution >= 0.6 is 0 Å². The van der Waals surface area contributed by atoms with Crippen molar-refractivity contribution >= 4 is 35.1 Å². The third-order valence-corrected chi connectivity index (χ3v) is 4.16. The highest BCUT2D eigenvalue weighted by Crippen LogP contribution is 2.18. The van der Waals surface area contributed by atoms with Crippen molar-refractivity contribution in [1.29, 1.82) is 0 Å². The molecule has 2 aromatic rings. The van der Waals surface area contributed by atoms with Gasteiger partial charge in [0.2, 0.25) is 5.91 Å². The zero-order valence-electron chi connectivity index (χ0n) is 17.9. The molecule has 31 heavy (non-hydrogen) atoms. The molecular weight excluding hydrogens is 398 g/mol. The second-order valence-electron chi connectivity index (χ2n) is 7.86. The van der Waals surface area contributed by atoms with E-state index in [1.807, 2.05) is 6.07 Å². The molecule has 0 aliphatic rings. The van der Waals surface area contributed by atoms with Crippen molar-refractivity contribution in [2.75, 3.05) is 23.8 Å². The fraction of sp³-hybridized carbons (Fsp3) is 0.304. The van der Waals surface area contributed by atoms with E-state index in [1.165, 1.54) is 0 Å². The van der Waals surface area contributed by atoms with Crippen LogP contribution in [0.3, 0.4) is 0 Å². The third kappa shape index (κ3) is 8.30. The maximum atomic E-state index is 12.2. The molecule has 0 saturated carbocycles. The van der Waals surface area contributed by atoms with Gasteiger partial charge in [-0.1, -0.05) is 39.0 Å². The van der Waals surface area contributed by atoms with Gasteiger partial charge in [-0.05, 0) is 36.4 Å². The number of esters is 1. The molecule has 0 unspecified atom stereocenters. The standard InChI is InChI=1S/C23H27N3O5/c1-23(2,3)21(29)25-18-11-9-16(10-12-18)19(27)15-31-20(28)13-14-24-22(30)26-17-7-5-4-6-8-17/h4-12H,13-15H2,1-3H3,(H,25,29)(H2,24,26,30). The Bertz CT molecular complexity index is 918. The van der Waals surface area contributed by atoms with Gasteiger partial charge in [-0.2, -0.15) is 0 Å². The smallest absolute Gasteiger partial charge is 0.319 e. The van der Waals surface area contributed by atoms with Gasteiger partial charge in [-0.25, -0.2) is 4.79 Å². The number of carbonyl (C=O) groups excluding carboxylic acids is 4. The molecule has 3 amide bonds. The van der Waals surface area contributed by atoms with Gasteiger partial charge in [0.1, 0.15) is 0 Å². The summed E-state index contributed by atoms with van der Waals surface area (Å²) in [6, 6.07) is 14.8. The minimum absolute atomic E-state index is 0.0622. The molecule has 0 atom stereocenters. The maximum absolute atomic E-state index is 12.2. The van der Waals surface area contributed by atoms with E-state index in [0.717, 1.165) is 0 Å². The van der Waals surface area contributed by atoms with Gasteiger partial charge in [0.25, 0.3) is 0 Å². The normalized spacial score (nSPS) is 10.7. The Morgan fingerprint density at radius 1 is 0.839 bits per heavy atom. The first kappa shape index (κ1) is 23.6. The van der Waals surface area contributed by atoms with E-state index in [0.29, 0.717) is 16.9 Å². The van der Waals surface area contributed by atoms with E-state index >= 15 is 0 Å². The predicted octanol–water partition coefficient (Wildman–Crippen LogP) is 3.61. The summed E-state index contributed by atoms with van der Waals surface area (Å²) in [5.41, 5.74) is 1.05. The number of hydrogen-bond donors (Lipinski definition) is 3. The molecule has 8 nitrogen and oxygen atoms in total. The van der Waals surface area contributed by atoms with Gasteiger partial charge in [0, 0.05) is 28.9 Å². The molecular formula is C23H27N3O5. The van der Waals surface area contributed by atoms with Gasteiger partial charge >= 0.3 is 12.0 Å². The van der Waals surface area contributed by atoms with Crippen LogP contribution in [0.15, 0.2) is 54.6 Å². The molecule has 0 bridgehead atoms. The number of hydrogen-bond acceptors (Lipinski definition) is 5. The average Bonchev–Trinajstić information content (AvgIpc) is 2.72. The number of para-hydroxylation sites is 1. The van der Waals surface area contributed by atoms with Crippen LogP contribution in [0, 0.1) is 5.41 Å². The van der Waals surface area contributed by atoms with E-state index in [4.69, 9.17) is 4.74 Å². The minimum Gasteiger partial charge on any atom is -0.457 e. The Balaban J connectivity index is 1.70. The Labute approximate surface area is 181 Å². The van der Waals surface area contributed by atoms with Crippen LogP contribution in [0.4, 0.5) is 16.2 Å². The minimum atomic E-state index is -0.595. The molecule has 2 aromatic carbocycles. The second-order valence-corrected chi connectivity index (χ2v) is 7.86. The highest BCUT2D eigenvalue weighted by molar-refractivity contribution is 5.99. The molecule has 164 valence electrons. The van der Waals surface area contributed by atoms with E-state index in [9.17, 15) is 19.2 Å². The van der Waals surface area contributed by atoms with Crippen molar-refractivity contribution in [3.05, 3.63) is 60.2 Å². The second kappa shape index (κ2) is 10.9. The van der Waals surface area contributed by atoms with Crippen LogP contribution in [0.25, 0.3) is 0 Å². The van der Waals surface area contributed by atoms with Crippen LogP contribution in [0.2, 0.25) is 0 Å². The van der Waals surface area contributed by atoms with Crippen LogP contribution in [-0.4, -0.2) is 36.8 Å². The third-order valence-electron chi connectivity index (χ3n) is 4.16. The highest BCUT2D eigenvalue weighted by Gasteiger charge is 2.21. The summed E-state index contributed by atoms with van der Waals surface area (Å²) in [6.45, 7) is 5.09. The van der Waals surface area contributed by atoms with Gasteiger partial charge in [0.15, 0.2) is 12.4 Å². The molecule has 0 fully saturated rings. The largest absolute Gasteiger partial charge is 0.457 e. The molecule has 2 rings (SSSR count). The van der Waals surface area contributed by atoms with Crippen molar-refractivity contribution in [2.24, 2.45) is 5.41 Å². The van der Waals surface area contributed by atoms with Crippen LogP contribution in [-0.2, 0) is 14.3 Å². The molecule has 8 heteroatoms. The highest BCUT2D eigenvalue weighted by atomic mass is 16.5. The number of rotatable bonds is 8. The predicted molar refractivity (Wildman–Crippen MR) is 118 cm³/mol. The van der Waals surface area contributed by atoms with E-state index in [-0.39, 0.29) is 24.7 Å². The number of urea groups is 1. The number of carbonyl (C=O) groups is 4. The molecule has 0 heterocycles. The molecule has 0 aromatic heterocycles. The number of anilines is 2. The quantitative estimate of drug-likeness (QED) is 0.442. The molecule has 3 N–H and O–H groups in total. The lowest BCUT2D eigenvalue weighted by atomic mass is 9.95. The fourth-order valence-corrected chi connectivity index (χ4v) is 2.33. The Kier molecular flexibility index (Phi) is 8.31. The van der Waals surface area contributed by atoms with E-state index < -0.39 is 24.0 Å². The first-order valence-electron chi connectivity index (χ1n) is 9.85. The lowest BCUT2D eigenvalue weighted by molar-refractivity contribution is -0.142. The van der Waals surface area contributed by atoms with E-state index in [2.05, 4.69) is 16.0 Å². The van der Waals surface area contributed by atoms with Gasteiger partial charge in [0.05, 0.1) is 6.42 Å². The number of nitrogens with one attached hydrogen (secondary N) is 3. The Hall–Kier alpha value is -3.68. The van der Waals surface area contributed by atoms with Gasteiger partial charge in [-0.15, -0.1) is 0 Å². The number of amides is 3. The first-order chi connectivity index (χ1) is 14.6. The average molecular weight is 425 g/mol. The van der Waals surface area contributed by atoms with E-state index in [1.54, 1.807) is 69.3 Å². The SMILES string of the molecule is CC(C)(C)C(=O)Nc1ccc(C(=O)COC(=O)CCNC(=O)Nc2ccccc2)cc1. The number of ketones is 1. The number of ether oxygens (including phenoxy) is 1. The summed E-state index contributed by atoms with van der Waals surface area (Å²) in [6.07, 6.45) is -0.0622. The summed E-state index contributed by atoms with van der Waals surface area (Å²) in [5.74, 6) is -1.09. The van der Waals surface area contributed by atoms with Gasteiger partial charge in [-0.3, -0.25) is 14.4 Å². The summed E-state index contributed by atoms with van der Waals surface area (Å²) in [7, 11) is 0. The van der Waals surface area contributed by atoms with Crippen molar-refractivity contribution in [2.45, 2.75) is 27.2 Å². The first-order valence-corrected chi connectivity index (χ1v) is 9.85. The lowest BCUT2D eigenvalue weighted by Crippen LogP contribution is -2.31. The summed E-state index contributed by atoms with van der Waals surface area (Å²) >= 11 is 0.